The lowest BCUT2D eigenvalue weighted by molar-refractivity contribution is 0.663. The van der Waals surface area contributed by atoms with Crippen LogP contribution in [0.4, 0.5) is 5.69 Å². The summed E-state index contributed by atoms with van der Waals surface area (Å²) in [5.41, 5.74) is 3.21. The summed E-state index contributed by atoms with van der Waals surface area (Å²) in [5, 5.41) is 0. The highest BCUT2D eigenvalue weighted by Gasteiger charge is 2.19. The van der Waals surface area contributed by atoms with E-state index in [4.69, 9.17) is 0 Å². The lowest BCUT2D eigenvalue weighted by Gasteiger charge is -2.18. The van der Waals surface area contributed by atoms with E-state index in [0.29, 0.717) is 0 Å². The minimum atomic E-state index is -1.86. The van der Waals surface area contributed by atoms with Gasteiger partial charge in [0.25, 0.3) is 0 Å². The van der Waals surface area contributed by atoms with Crippen LogP contribution in [-0.4, -0.2) is 15.7 Å². The first-order valence-electron chi connectivity index (χ1n) is 4.89. The Morgan fingerprint density at radius 1 is 1.29 bits per heavy atom. The highest BCUT2D eigenvalue weighted by atomic mass is 32.2. The molecule has 0 N–H and O–H groups in total. The Bertz CT molecular complexity index is 460. The van der Waals surface area contributed by atoms with Gasteiger partial charge in [0.15, 0.2) is 0 Å². The third-order valence-corrected chi connectivity index (χ3v) is 4.94. The van der Waals surface area contributed by atoms with Crippen LogP contribution >= 0.6 is 0 Å². The second kappa shape index (κ2) is 3.39. The van der Waals surface area contributed by atoms with Crippen molar-refractivity contribution in [2.24, 2.45) is 4.36 Å². The molecule has 0 unspecified atom stereocenters. The Morgan fingerprint density at radius 3 is 2.57 bits per heavy atom. The molecule has 2 rings (SSSR count). The third-order valence-electron chi connectivity index (χ3n) is 2.56. The van der Waals surface area contributed by atoms with Gasteiger partial charge in [-0.2, -0.15) is 4.36 Å². The highest BCUT2D eigenvalue weighted by molar-refractivity contribution is 7.95. The maximum absolute atomic E-state index is 11.9. The van der Waals surface area contributed by atoms with Gasteiger partial charge in [-0.1, -0.05) is 12.1 Å². The molecule has 1 aliphatic heterocycles. The Balaban J connectivity index is 2.47. The summed E-state index contributed by atoms with van der Waals surface area (Å²) in [5.74, 6) is 1.56. The molecule has 1 aromatic rings. The molecule has 0 aliphatic carbocycles. The second-order valence-electron chi connectivity index (χ2n) is 3.92. The molecule has 0 aromatic heterocycles. The number of rotatable bonds is 1. The summed E-state index contributed by atoms with van der Waals surface area (Å²) < 4.78 is 16.3. The van der Waals surface area contributed by atoms with Gasteiger partial charge in [-0.05, 0) is 37.5 Å². The van der Waals surface area contributed by atoms with Crippen LogP contribution in [0.5, 0.6) is 0 Å². The SMILES string of the molecule is Cc1ccc(C)c(N=S2(=O)CCC2)c1. The van der Waals surface area contributed by atoms with Crippen molar-refractivity contribution >= 4 is 15.4 Å². The lowest BCUT2D eigenvalue weighted by Crippen LogP contribution is -2.23. The molecule has 1 aliphatic rings. The van der Waals surface area contributed by atoms with E-state index in [0.717, 1.165) is 29.2 Å². The van der Waals surface area contributed by atoms with Gasteiger partial charge in [0.1, 0.15) is 0 Å². The van der Waals surface area contributed by atoms with E-state index < -0.39 is 9.73 Å². The minimum absolute atomic E-state index is 0.778. The summed E-state index contributed by atoms with van der Waals surface area (Å²) in [6.45, 7) is 4.05. The van der Waals surface area contributed by atoms with Crippen LogP contribution < -0.4 is 0 Å². The predicted octanol–water partition coefficient (Wildman–Crippen LogP) is 2.81. The van der Waals surface area contributed by atoms with Crippen molar-refractivity contribution in [3.8, 4) is 0 Å². The van der Waals surface area contributed by atoms with Gasteiger partial charge in [-0.15, -0.1) is 0 Å². The van der Waals surface area contributed by atoms with Gasteiger partial charge >= 0.3 is 0 Å². The molecule has 0 atom stereocenters. The zero-order valence-electron chi connectivity index (χ0n) is 8.62. The summed E-state index contributed by atoms with van der Waals surface area (Å²) in [6.07, 6.45) is 1.06. The van der Waals surface area contributed by atoms with Crippen molar-refractivity contribution in [2.75, 3.05) is 11.5 Å². The smallest absolute Gasteiger partial charge is 0.0762 e. The number of aryl methyl sites for hydroxylation is 2. The van der Waals surface area contributed by atoms with Crippen molar-refractivity contribution in [3.63, 3.8) is 0 Å². The fourth-order valence-corrected chi connectivity index (χ4v) is 3.00. The molecule has 14 heavy (non-hydrogen) atoms. The molecular weight excluding hydrogens is 194 g/mol. The molecule has 1 heterocycles. The van der Waals surface area contributed by atoms with E-state index in [1.807, 2.05) is 26.0 Å². The number of benzene rings is 1. The molecule has 0 spiro atoms. The summed E-state index contributed by atoms with van der Waals surface area (Å²) in [7, 11) is -1.86. The van der Waals surface area contributed by atoms with Crippen LogP contribution in [0, 0.1) is 13.8 Å². The maximum Gasteiger partial charge on any atom is 0.0762 e. The first-order valence-corrected chi connectivity index (χ1v) is 6.74. The summed E-state index contributed by atoms with van der Waals surface area (Å²) in [4.78, 5) is 0. The van der Waals surface area contributed by atoms with Gasteiger partial charge in [-0.3, -0.25) is 0 Å². The van der Waals surface area contributed by atoms with E-state index in [1.165, 1.54) is 5.56 Å². The van der Waals surface area contributed by atoms with E-state index in [1.54, 1.807) is 0 Å². The second-order valence-corrected chi connectivity index (χ2v) is 6.46. The van der Waals surface area contributed by atoms with Crippen molar-refractivity contribution in [3.05, 3.63) is 29.3 Å². The van der Waals surface area contributed by atoms with Crippen LogP contribution in [0.15, 0.2) is 22.6 Å². The van der Waals surface area contributed by atoms with Crippen LogP contribution in [0.2, 0.25) is 0 Å². The molecule has 1 aromatic carbocycles. The number of nitrogens with zero attached hydrogens (tertiary/aromatic N) is 1. The topological polar surface area (TPSA) is 29.4 Å². The van der Waals surface area contributed by atoms with Gasteiger partial charge in [-0.25, -0.2) is 4.21 Å². The molecule has 3 heteroatoms. The maximum atomic E-state index is 11.9. The predicted molar refractivity (Wildman–Crippen MR) is 60.5 cm³/mol. The average molecular weight is 209 g/mol. The molecule has 0 radical (unpaired) electrons. The molecular formula is C11H15NOS. The van der Waals surface area contributed by atoms with Crippen LogP contribution in [0.25, 0.3) is 0 Å². The van der Waals surface area contributed by atoms with E-state index in [2.05, 4.69) is 10.4 Å². The molecule has 0 saturated carbocycles. The summed E-state index contributed by atoms with van der Waals surface area (Å²) >= 11 is 0. The van der Waals surface area contributed by atoms with E-state index >= 15 is 0 Å². The third kappa shape index (κ3) is 1.82. The zero-order chi connectivity index (χ0) is 10.2. The van der Waals surface area contributed by atoms with Crippen LogP contribution in [0.1, 0.15) is 17.5 Å². The van der Waals surface area contributed by atoms with Gasteiger partial charge in [0.05, 0.1) is 15.4 Å². The molecule has 1 fully saturated rings. The van der Waals surface area contributed by atoms with Crippen molar-refractivity contribution in [2.45, 2.75) is 20.3 Å². The molecule has 0 amide bonds. The van der Waals surface area contributed by atoms with Crippen molar-refractivity contribution < 1.29 is 4.21 Å². The fraction of sp³-hybridized carbons (Fsp3) is 0.455. The first kappa shape index (κ1) is 9.71. The fourth-order valence-electron chi connectivity index (χ4n) is 1.48. The largest absolute Gasteiger partial charge is 0.249 e. The molecule has 76 valence electrons. The Labute approximate surface area is 85.5 Å². The first-order chi connectivity index (χ1) is 6.59. The quantitative estimate of drug-likeness (QED) is 0.699. The van der Waals surface area contributed by atoms with Crippen LogP contribution in [-0.2, 0) is 9.73 Å². The molecule has 0 bridgehead atoms. The van der Waals surface area contributed by atoms with Gasteiger partial charge in [0, 0.05) is 11.5 Å². The highest BCUT2D eigenvalue weighted by Crippen LogP contribution is 2.25. The van der Waals surface area contributed by atoms with Crippen LogP contribution in [0.3, 0.4) is 0 Å². The van der Waals surface area contributed by atoms with Gasteiger partial charge in [0.2, 0.25) is 0 Å². The zero-order valence-corrected chi connectivity index (χ0v) is 9.43. The van der Waals surface area contributed by atoms with Crippen molar-refractivity contribution in [1.82, 2.24) is 0 Å². The number of hydrogen-bond donors (Lipinski definition) is 0. The number of hydrogen-bond acceptors (Lipinski definition) is 2. The molecule has 1 saturated heterocycles. The Kier molecular flexibility index (Phi) is 2.35. The van der Waals surface area contributed by atoms with E-state index in [9.17, 15) is 4.21 Å². The molecule has 2 nitrogen and oxygen atoms in total. The normalized spacial score (nSPS) is 18.7. The minimum Gasteiger partial charge on any atom is -0.249 e. The van der Waals surface area contributed by atoms with Crippen molar-refractivity contribution in [1.29, 1.82) is 0 Å². The summed E-state index contributed by atoms with van der Waals surface area (Å²) in [6, 6.07) is 6.11. The van der Waals surface area contributed by atoms with Gasteiger partial charge < -0.3 is 0 Å². The van der Waals surface area contributed by atoms with E-state index in [-0.39, 0.29) is 0 Å². The monoisotopic (exact) mass is 209 g/mol. The lowest BCUT2D eigenvalue weighted by atomic mass is 10.1. The average Bonchev–Trinajstić information content (AvgIpc) is 2.09. The Hall–Kier alpha value is -0.830. The standard InChI is InChI=1S/C11H15NOS/c1-9-4-5-10(2)11(8-9)12-14(13)6-3-7-14/h4-5,8H,3,6-7H2,1-2H3. The Morgan fingerprint density at radius 2 is 2.00 bits per heavy atom.